The van der Waals surface area contributed by atoms with Gasteiger partial charge in [-0.3, -0.25) is 4.90 Å². The molecule has 5 heteroatoms. The van der Waals surface area contributed by atoms with Crippen LogP contribution < -0.4 is 0 Å². The first-order valence-corrected chi connectivity index (χ1v) is 8.99. The van der Waals surface area contributed by atoms with Crippen molar-refractivity contribution in [2.45, 2.75) is 25.4 Å². The van der Waals surface area contributed by atoms with Gasteiger partial charge in [-0.2, -0.15) is 0 Å². The van der Waals surface area contributed by atoms with Crippen LogP contribution in [0.25, 0.3) is 11.2 Å². The predicted molar refractivity (Wildman–Crippen MR) is 96.9 cm³/mol. The van der Waals surface area contributed by atoms with Gasteiger partial charge >= 0.3 is 0 Å². The molecule has 124 valence electrons. The molecule has 1 saturated heterocycles. The van der Waals surface area contributed by atoms with Crippen molar-refractivity contribution in [2.24, 2.45) is 5.92 Å². The van der Waals surface area contributed by atoms with E-state index in [-0.39, 0.29) is 0 Å². The van der Waals surface area contributed by atoms with Gasteiger partial charge in [-0.05, 0) is 36.6 Å². The second-order valence-corrected chi connectivity index (χ2v) is 6.76. The highest BCUT2D eigenvalue weighted by atomic mass is 35.5. The van der Waals surface area contributed by atoms with Crippen LogP contribution in [-0.4, -0.2) is 32.5 Å². The third-order valence-electron chi connectivity index (χ3n) is 4.76. The average Bonchev–Trinajstić information content (AvgIpc) is 3.21. The Labute approximate surface area is 147 Å². The summed E-state index contributed by atoms with van der Waals surface area (Å²) in [5.41, 5.74) is 3.27. The number of fused-ring (bicyclic) bond motifs is 1. The molecule has 0 radical (unpaired) electrons. The molecule has 1 aliphatic rings. The van der Waals surface area contributed by atoms with Crippen molar-refractivity contribution in [3.05, 3.63) is 60.0 Å². The SMILES string of the molecule is ClCc1nc2cccnc2n1CC1CCN(Cc2ccccc2)C1. The van der Waals surface area contributed by atoms with Crippen molar-refractivity contribution in [3.8, 4) is 0 Å². The van der Waals surface area contributed by atoms with Gasteiger partial charge in [0, 0.05) is 25.8 Å². The number of imidazole rings is 1. The summed E-state index contributed by atoms with van der Waals surface area (Å²) in [5, 5.41) is 0. The molecular weight excluding hydrogens is 320 g/mol. The quantitative estimate of drug-likeness (QED) is 0.664. The van der Waals surface area contributed by atoms with Gasteiger partial charge in [0.25, 0.3) is 0 Å². The van der Waals surface area contributed by atoms with Crippen LogP contribution in [0.15, 0.2) is 48.7 Å². The molecule has 1 atom stereocenters. The Hall–Kier alpha value is -1.91. The van der Waals surface area contributed by atoms with Crippen LogP contribution in [0.2, 0.25) is 0 Å². The summed E-state index contributed by atoms with van der Waals surface area (Å²) >= 11 is 6.10. The van der Waals surface area contributed by atoms with Crippen molar-refractivity contribution in [1.29, 1.82) is 0 Å². The Morgan fingerprint density at radius 2 is 2.00 bits per heavy atom. The Morgan fingerprint density at radius 1 is 1.12 bits per heavy atom. The fourth-order valence-electron chi connectivity index (χ4n) is 3.60. The second kappa shape index (κ2) is 6.91. The minimum atomic E-state index is 0.427. The molecule has 1 aliphatic heterocycles. The summed E-state index contributed by atoms with van der Waals surface area (Å²) < 4.78 is 2.21. The number of hydrogen-bond donors (Lipinski definition) is 0. The van der Waals surface area contributed by atoms with Crippen LogP contribution in [0, 0.1) is 5.92 Å². The van der Waals surface area contributed by atoms with E-state index in [1.807, 2.05) is 18.3 Å². The molecule has 3 heterocycles. The molecule has 3 aromatic rings. The van der Waals surface area contributed by atoms with Gasteiger partial charge in [-0.1, -0.05) is 30.3 Å². The molecule has 0 N–H and O–H groups in total. The van der Waals surface area contributed by atoms with Gasteiger partial charge in [-0.15, -0.1) is 11.6 Å². The molecule has 0 spiro atoms. The van der Waals surface area contributed by atoms with E-state index >= 15 is 0 Å². The molecule has 0 aliphatic carbocycles. The van der Waals surface area contributed by atoms with E-state index in [4.69, 9.17) is 11.6 Å². The first-order chi connectivity index (χ1) is 11.8. The van der Waals surface area contributed by atoms with Crippen molar-refractivity contribution in [3.63, 3.8) is 0 Å². The first-order valence-electron chi connectivity index (χ1n) is 8.46. The van der Waals surface area contributed by atoms with Gasteiger partial charge in [-0.25, -0.2) is 9.97 Å². The number of aromatic nitrogens is 3. The molecule has 2 aromatic heterocycles. The van der Waals surface area contributed by atoms with E-state index in [1.54, 1.807) is 0 Å². The number of rotatable bonds is 5. The van der Waals surface area contributed by atoms with E-state index in [1.165, 1.54) is 12.0 Å². The fourth-order valence-corrected chi connectivity index (χ4v) is 3.81. The zero-order valence-electron chi connectivity index (χ0n) is 13.6. The highest BCUT2D eigenvalue weighted by molar-refractivity contribution is 6.16. The van der Waals surface area contributed by atoms with Gasteiger partial charge < -0.3 is 4.57 Å². The maximum atomic E-state index is 6.10. The summed E-state index contributed by atoms with van der Waals surface area (Å²) in [5.74, 6) is 1.97. The lowest BCUT2D eigenvalue weighted by Crippen LogP contribution is -2.22. The van der Waals surface area contributed by atoms with Crippen LogP contribution in [-0.2, 0) is 19.0 Å². The van der Waals surface area contributed by atoms with Gasteiger partial charge in [0.2, 0.25) is 0 Å². The number of nitrogens with zero attached hydrogens (tertiary/aromatic N) is 4. The largest absolute Gasteiger partial charge is 0.311 e. The topological polar surface area (TPSA) is 34.0 Å². The van der Waals surface area contributed by atoms with Crippen molar-refractivity contribution >= 4 is 22.8 Å². The van der Waals surface area contributed by atoms with Crippen LogP contribution in [0.4, 0.5) is 0 Å². The summed E-state index contributed by atoms with van der Waals surface area (Å²) in [6.07, 6.45) is 3.04. The van der Waals surface area contributed by atoms with Crippen molar-refractivity contribution < 1.29 is 0 Å². The zero-order chi connectivity index (χ0) is 16.4. The third kappa shape index (κ3) is 3.17. The molecular formula is C19H21ClN4. The zero-order valence-corrected chi connectivity index (χ0v) is 14.4. The lowest BCUT2D eigenvalue weighted by atomic mass is 10.1. The van der Waals surface area contributed by atoms with Crippen molar-refractivity contribution in [2.75, 3.05) is 13.1 Å². The lowest BCUT2D eigenvalue weighted by Gasteiger charge is -2.17. The van der Waals surface area contributed by atoms with Crippen LogP contribution >= 0.6 is 11.6 Å². The number of hydrogen-bond acceptors (Lipinski definition) is 3. The highest BCUT2D eigenvalue weighted by Gasteiger charge is 2.24. The van der Waals surface area contributed by atoms with E-state index in [0.717, 1.165) is 43.2 Å². The van der Waals surface area contributed by atoms with Gasteiger partial charge in [0.15, 0.2) is 5.65 Å². The standard InChI is InChI=1S/C19H21ClN4/c20-11-18-22-17-7-4-9-21-19(17)24(18)14-16-8-10-23(13-16)12-15-5-2-1-3-6-15/h1-7,9,16H,8,10-14H2. The average molecular weight is 341 g/mol. The Morgan fingerprint density at radius 3 is 2.83 bits per heavy atom. The molecule has 0 saturated carbocycles. The normalized spacial score (nSPS) is 18.5. The number of likely N-dealkylation sites (tertiary alicyclic amines) is 1. The minimum absolute atomic E-state index is 0.427. The molecule has 1 fully saturated rings. The Balaban J connectivity index is 1.47. The van der Waals surface area contributed by atoms with Crippen molar-refractivity contribution in [1.82, 2.24) is 19.4 Å². The number of pyridine rings is 1. The summed E-state index contributed by atoms with van der Waals surface area (Å²) in [6.45, 7) is 4.24. The maximum absolute atomic E-state index is 6.10. The fraction of sp³-hybridized carbons (Fsp3) is 0.368. The monoisotopic (exact) mass is 340 g/mol. The molecule has 24 heavy (non-hydrogen) atoms. The van der Waals surface area contributed by atoms with Crippen LogP contribution in [0.1, 0.15) is 17.8 Å². The second-order valence-electron chi connectivity index (χ2n) is 6.49. The Bertz CT molecular complexity index is 815. The number of halogens is 1. The Kier molecular flexibility index (Phi) is 4.50. The molecule has 0 amide bonds. The smallest absolute Gasteiger partial charge is 0.160 e. The number of alkyl halides is 1. The van der Waals surface area contributed by atoms with Gasteiger partial charge in [0.05, 0.1) is 5.88 Å². The summed E-state index contributed by atoms with van der Waals surface area (Å²) in [4.78, 5) is 11.7. The van der Waals surface area contributed by atoms with Gasteiger partial charge in [0.1, 0.15) is 11.3 Å². The molecule has 4 rings (SSSR count). The molecule has 4 nitrogen and oxygen atoms in total. The lowest BCUT2D eigenvalue weighted by molar-refractivity contribution is 0.309. The minimum Gasteiger partial charge on any atom is -0.311 e. The van der Waals surface area contributed by atoms with Crippen LogP contribution in [0.3, 0.4) is 0 Å². The highest BCUT2D eigenvalue weighted by Crippen LogP contribution is 2.23. The first kappa shape index (κ1) is 15.6. The summed E-state index contributed by atoms with van der Waals surface area (Å²) in [6, 6.07) is 14.6. The third-order valence-corrected chi connectivity index (χ3v) is 5.00. The van der Waals surface area contributed by atoms with E-state index in [2.05, 4.69) is 49.8 Å². The van der Waals surface area contributed by atoms with Crippen LogP contribution in [0.5, 0.6) is 0 Å². The van der Waals surface area contributed by atoms with E-state index in [0.29, 0.717) is 11.8 Å². The molecule has 1 unspecified atom stereocenters. The van der Waals surface area contributed by atoms with E-state index in [9.17, 15) is 0 Å². The molecule has 0 bridgehead atoms. The maximum Gasteiger partial charge on any atom is 0.160 e. The van der Waals surface area contributed by atoms with E-state index < -0.39 is 0 Å². The number of benzene rings is 1. The summed E-state index contributed by atoms with van der Waals surface area (Å²) in [7, 11) is 0. The molecule has 1 aromatic carbocycles. The predicted octanol–water partition coefficient (Wildman–Crippen LogP) is 3.69.